The normalized spacial score (nSPS) is 22.5. The van der Waals surface area contributed by atoms with E-state index in [0.29, 0.717) is 26.1 Å². The Labute approximate surface area is 103 Å². The van der Waals surface area contributed by atoms with Crippen molar-refractivity contribution < 1.29 is 13.2 Å². The molecule has 1 aliphatic heterocycles. The zero-order chi connectivity index (χ0) is 12.9. The third kappa shape index (κ3) is 3.65. The number of carbonyl (C=O) groups excluding carboxylic acids is 1. The van der Waals surface area contributed by atoms with Gasteiger partial charge in [0.1, 0.15) is 6.04 Å². The number of hydrogen-bond acceptors (Lipinski definition) is 4. The number of amides is 1. The zero-order valence-corrected chi connectivity index (χ0v) is 11.2. The molecular formula is C10H21N3O3S. The summed E-state index contributed by atoms with van der Waals surface area (Å²) in [6, 6.07) is -0.546. The summed E-state index contributed by atoms with van der Waals surface area (Å²) in [4.78, 5) is 11.6. The zero-order valence-electron chi connectivity index (χ0n) is 10.4. The summed E-state index contributed by atoms with van der Waals surface area (Å²) in [5, 5.41) is 5.67. The molecule has 2 N–H and O–H groups in total. The van der Waals surface area contributed by atoms with Gasteiger partial charge in [0.25, 0.3) is 0 Å². The second kappa shape index (κ2) is 6.32. The number of sulfonamides is 1. The number of nitrogens with one attached hydrogen (secondary N) is 2. The molecule has 7 heteroatoms. The summed E-state index contributed by atoms with van der Waals surface area (Å²) < 4.78 is 25.5. The van der Waals surface area contributed by atoms with Gasteiger partial charge in [-0.25, -0.2) is 8.42 Å². The quantitative estimate of drug-likeness (QED) is 0.611. The summed E-state index contributed by atoms with van der Waals surface area (Å²) in [6.45, 7) is 5.69. The Morgan fingerprint density at radius 1 is 1.47 bits per heavy atom. The van der Waals surface area contributed by atoms with Crippen LogP contribution in [0.2, 0.25) is 0 Å². The first kappa shape index (κ1) is 14.4. The van der Waals surface area contributed by atoms with E-state index < -0.39 is 16.1 Å². The Kier molecular flexibility index (Phi) is 5.35. The van der Waals surface area contributed by atoms with Crippen LogP contribution in [0.25, 0.3) is 0 Å². The van der Waals surface area contributed by atoms with Gasteiger partial charge in [-0.2, -0.15) is 4.31 Å². The number of hydrogen-bond donors (Lipinski definition) is 2. The van der Waals surface area contributed by atoms with E-state index in [-0.39, 0.29) is 11.7 Å². The van der Waals surface area contributed by atoms with Gasteiger partial charge in [0.15, 0.2) is 0 Å². The smallest absolute Gasteiger partial charge is 0.238 e. The molecule has 0 aromatic heterocycles. The molecule has 0 bridgehead atoms. The van der Waals surface area contributed by atoms with Crippen LogP contribution >= 0.6 is 0 Å². The number of nitrogens with zero attached hydrogens (tertiary/aromatic N) is 1. The maximum atomic E-state index is 12.1. The standard InChI is InChI=1S/C10H21N3O3S/c1-3-9-10(14)12-5-7-13(9)17(15,16)8-6-11-4-2/h9,11H,3-8H2,1-2H3,(H,12,14). The average molecular weight is 263 g/mol. The Hall–Kier alpha value is -0.660. The van der Waals surface area contributed by atoms with Crippen LogP contribution < -0.4 is 10.6 Å². The van der Waals surface area contributed by atoms with Gasteiger partial charge in [0.2, 0.25) is 15.9 Å². The monoisotopic (exact) mass is 263 g/mol. The predicted molar refractivity (Wildman–Crippen MR) is 66.1 cm³/mol. The van der Waals surface area contributed by atoms with Crippen molar-refractivity contribution in [2.24, 2.45) is 0 Å². The van der Waals surface area contributed by atoms with Crippen molar-refractivity contribution in [3.63, 3.8) is 0 Å². The number of carbonyl (C=O) groups is 1. The average Bonchev–Trinajstić information content (AvgIpc) is 2.29. The van der Waals surface area contributed by atoms with E-state index in [0.717, 1.165) is 6.54 Å². The van der Waals surface area contributed by atoms with Crippen LogP contribution in [0, 0.1) is 0 Å². The SMILES string of the molecule is CCNCCS(=O)(=O)N1CCNC(=O)C1CC. The first-order chi connectivity index (χ1) is 8.03. The van der Waals surface area contributed by atoms with Gasteiger partial charge in [-0.3, -0.25) is 4.79 Å². The number of rotatable bonds is 6. The van der Waals surface area contributed by atoms with E-state index in [2.05, 4.69) is 10.6 Å². The van der Waals surface area contributed by atoms with Crippen molar-refractivity contribution in [1.29, 1.82) is 0 Å². The second-order valence-corrected chi connectivity index (χ2v) is 6.04. The highest BCUT2D eigenvalue weighted by molar-refractivity contribution is 7.89. The first-order valence-electron chi connectivity index (χ1n) is 6.00. The lowest BCUT2D eigenvalue weighted by Gasteiger charge is -2.33. The summed E-state index contributed by atoms with van der Waals surface area (Å²) >= 11 is 0. The van der Waals surface area contributed by atoms with Crippen LogP contribution in [-0.2, 0) is 14.8 Å². The molecule has 1 atom stereocenters. The van der Waals surface area contributed by atoms with Gasteiger partial charge < -0.3 is 10.6 Å². The van der Waals surface area contributed by atoms with Crippen LogP contribution in [-0.4, -0.2) is 56.6 Å². The highest BCUT2D eigenvalue weighted by Crippen LogP contribution is 2.13. The van der Waals surface area contributed by atoms with Crippen molar-refractivity contribution in [3.05, 3.63) is 0 Å². The molecule has 1 heterocycles. The van der Waals surface area contributed by atoms with Crippen molar-refractivity contribution in [3.8, 4) is 0 Å². The maximum Gasteiger partial charge on any atom is 0.238 e. The van der Waals surface area contributed by atoms with Gasteiger partial charge in [0.05, 0.1) is 5.75 Å². The molecule has 17 heavy (non-hydrogen) atoms. The van der Waals surface area contributed by atoms with Crippen LogP contribution in [0.15, 0.2) is 0 Å². The van der Waals surface area contributed by atoms with E-state index in [1.165, 1.54) is 4.31 Å². The molecular weight excluding hydrogens is 242 g/mol. The fourth-order valence-electron chi connectivity index (χ4n) is 1.91. The highest BCUT2D eigenvalue weighted by Gasteiger charge is 2.35. The van der Waals surface area contributed by atoms with Crippen LogP contribution in [0.1, 0.15) is 20.3 Å². The fraction of sp³-hybridized carbons (Fsp3) is 0.900. The molecule has 1 aliphatic rings. The molecule has 0 spiro atoms. The summed E-state index contributed by atoms with van der Waals surface area (Å²) in [5.74, 6) is -0.143. The molecule has 0 saturated carbocycles. The topological polar surface area (TPSA) is 78.5 Å². The molecule has 100 valence electrons. The first-order valence-corrected chi connectivity index (χ1v) is 7.61. The van der Waals surface area contributed by atoms with Gasteiger partial charge in [-0.05, 0) is 13.0 Å². The van der Waals surface area contributed by atoms with E-state index in [1.807, 2.05) is 13.8 Å². The Bertz CT molecular complexity index is 356. The molecule has 6 nitrogen and oxygen atoms in total. The Morgan fingerprint density at radius 2 is 2.18 bits per heavy atom. The van der Waals surface area contributed by atoms with Crippen molar-refractivity contribution in [1.82, 2.24) is 14.9 Å². The Morgan fingerprint density at radius 3 is 2.76 bits per heavy atom. The minimum absolute atomic E-state index is 0.0463. The molecule has 0 radical (unpaired) electrons. The molecule has 1 saturated heterocycles. The Balaban J connectivity index is 2.70. The van der Waals surface area contributed by atoms with Crippen molar-refractivity contribution in [2.75, 3.05) is 31.9 Å². The van der Waals surface area contributed by atoms with Gasteiger partial charge in [-0.1, -0.05) is 13.8 Å². The molecule has 0 aromatic rings. The lowest BCUT2D eigenvalue weighted by Crippen LogP contribution is -2.57. The minimum atomic E-state index is -3.34. The maximum absolute atomic E-state index is 12.1. The lowest BCUT2D eigenvalue weighted by molar-refractivity contribution is -0.126. The fourth-order valence-corrected chi connectivity index (χ4v) is 3.55. The number of piperazine rings is 1. The van der Waals surface area contributed by atoms with E-state index in [9.17, 15) is 13.2 Å². The predicted octanol–water partition coefficient (Wildman–Crippen LogP) is -0.864. The van der Waals surface area contributed by atoms with E-state index in [4.69, 9.17) is 0 Å². The molecule has 1 fully saturated rings. The van der Waals surface area contributed by atoms with E-state index >= 15 is 0 Å². The highest BCUT2D eigenvalue weighted by atomic mass is 32.2. The summed E-state index contributed by atoms with van der Waals surface area (Å²) in [5.41, 5.74) is 0. The van der Waals surface area contributed by atoms with Crippen LogP contribution in [0.5, 0.6) is 0 Å². The summed E-state index contributed by atoms with van der Waals surface area (Å²) in [7, 11) is -3.34. The minimum Gasteiger partial charge on any atom is -0.353 e. The van der Waals surface area contributed by atoms with Crippen molar-refractivity contribution in [2.45, 2.75) is 26.3 Å². The molecule has 0 aliphatic carbocycles. The molecule has 1 amide bonds. The van der Waals surface area contributed by atoms with Crippen molar-refractivity contribution >= 4 is 15.9 Å². The van der Waals surface area contributed by atoms with Gasteiger partial charge in [-0.15, -0.1) is 0 Å². The molecule has 1 unspecified atom stereocenters. The van der Waals surface area contributed by atoms with Gasteiger partial charge >= 0.3 is 0 Å². The third-order valence-corrected chi connectivity index (χ3v) is 4.68. The van der Waals surface area contributed by atoms with E-state index in [1.54, 1.807) is 0 Å². The largest absolute Gasteiger partial charge is 0.353 e. The summed E-state index contributed by atoms with van der Waals surface area (Å²) in [6.07, 6.45) is 0.506. The molecule has 0 aromatic carbocycles. The third-order valence-electron chi connectivity index (χ3n) is 2.81. The molecule has 1 rings (SSSR count). The van der Waals surface area contributed by atoms with Crippen LogP contribution in [0.4, 0.5) is 0 Å². The van der Waals surface area contributed by atoms with Gasteiger partial charge in [0, 0.05) is 19.6 Å². The lowest BCUT2D eigenvalue weighted by atomic mass is 10.2. The van der Waals surface area contributed by atoms with Crippen LogP contribution in [0.3, 0.4) is 0 Å². The second-order valence-electron chi connectivity index (χ2n) is 4.00.